The van der Waals surface area contributed by atoms with E-state index in [9.17, 15) is 19.7 Å². The Morgan fingerprint density at radius 3 is 2.55 bits per heavy atom. The zero-order valence-corrected chi connectivity index (χ0v) is 18.0. The van der Waals surface area contributed by atoms with Crippen molar-refractivity contribution in [2.45, 2.75) is 13.0 Å². The number of nitro benzene ring substituents is 1. The van der Waals surface area contributed by atoms with Gasteiger partial charge in [-0.3, -0.25) is 24.1 Å². The number of non-ortho nitro benzene ring substituents is 1. The number of carbonyl (C=O) groups is 2. The zero-order chi connectivity index (χ0) is 23.5. The number of anilines is 1. The van der Waals surface area contributed by atoms with Gasteiger partial charge in [0.25, 0.3) is 17.5 Å². The van der Waals surface area contributed by atoms with E-state index in [0.717, 1.165) is 6.07 Å². The fourth-order valence-electron chi connectivity index (χ4n) is 3.28. The van der Waals surface area contributed by atoms with Gasteiger partial charge in [-0.15, -0.1) is 10.2 Å². The monoisotopic (exact) mass is 464 g/mol. The second-order valence-corrected chi connectivity index (χ2v) is 7.51. The number of aromatic nitrogens is 3. The summed E-state index contributed by atoms with van der Waals surface area (Å²) in [6.45, 7) is 1.78. The maximum Gasteiger partial charge on any atom is 0.270 e. The van der Waals surface area contributed by atoms with Crippen molar-refractivity contribution in [1.29, 1.82) is 0 Å². The van der Waals surface area contributed by atoms with Gasteiger partial charge in [0.1, 0.15) is 0 Å². The Kier molecular flexibility index (Phi) is 6.01. The van der Waals surface area contributed by atoms with Crippen molar-refractivity contribution >= 4 is 40.4 Å². The lowest BCUT2D eigenvalue weighted by Gasteiger charge is -2.15. The molecule has 0 radical (unpaired) electrons. The third-order valence-corrected chi connectivity index (χ3v) is 5.22. The maximum absolute atomic E-state index is 13.0. The van der Waals surface area contributed by atoms with Gasteiger partial charge in [-0.2, -0.15) is 0 Å². The van der Waals surface area contributed by atoms with Gasteiger partial charge in [-0.05, 0) is 37.3 Å². The van der Waals surface area contributed by atoms with Crippen LogP contribution >= 0.6 is 11.6 Å². The highest BCUT2D eigenvalue weighted by Gasteiger charge is 2.21. The van der Waals surface area contributed by atoms with Crippen molar-refractivity contribution in [2.24, 2.45) is 0 Å². The van der Waals surface area contributed by atoms with Gasteiger partial charge in [0.05, 0.1) is 32.8 Å². The Morgan fingerprint density at radius 2 is 1.79 bits per heavy atom. The summed E-state index contributed by atoms with van der Waals surface area (Å²) < 4.78 is 1.77. The van der Waals surface area contributed by atoms with Crippen LogP contribution in [0.4, 0.5) is 11.4 Å². The van der Waals surface area contributed by atoms with E-state index >= 15 is 0 Å². The lowest BCUT2D eigenvalue weighted by molar-refractivity contribution is -0.384. The highest BCUT2D eigenvalue weighted by Crippen LogP contribution is 2.24. The molecule has 33 heavy (non-hydrogen) atoms. The molecule has 166 valence electrons. The molecule has 0 saturated heterocycles. The first-order valence-corrected chi connectivity index (χ1v) is 10.2. The normalized spacial score (nSPS) is 11.7. The molecule has 2 aromatic carbocycles. The molecule has 0 aliphatic rings. The highest BCUT2D eigenvalue weighted by atomic mass is 35.5. The van der Waals surface area contributed by atoms with Gasteiger partial charge in [-0.1, -0.05) is 29.8 Å². The first-order valence-electron chi connectivity index (χ1n) is 9.80. The number of para-hydroxylation sites is 1. The number of rotatable bonds is 6. The molecule has 2 aromatic heterocycles. The number of hydrogen-bond acceptors (Lipinski definition) is 6. The molecule has 4 rings (SSSR count). The van der Waals surface area contributed by atoms with Crippen LogP contribution in [-0.2, 0) is 0 Å². The van der Waals surface area contributed by atoms with Gasteiger partial charge in [0.2, 0.25) is 0 Å². The number of fused-ring (bicyclic) bond motifs is 1. The molecule has 1 atom stereocenters. The largest absolute Gasteiger partial charge is 0.342 e. The third kappa shape index (κ3) is 4.51. The summed E-state index contributed by atoms with van der Waals surface area (Å²) in [7, 11) is 0. The van der Waals surface area contributed by atoms with Gasteiger partial charge >= 0.3 is 0 Å². The minimum absolute atomic E-state index is 0.0424. The summed E-state index contributed by atoms with van der Waals surface area (Å²) in [6, 6.07) is 15.0. The van der Waals surface area contributed by atoms with E-state index in [1.807, 2.05) is 12.1 Å². The Labute approximate surface area is 192 Å². The number of amides is 2. The van der Waals surface area contributed by atoms with E-state index in [2.05, 4.69) is 20.8 Å². The summed E-state index contributed by atoms with van der Waals surface area (Å²) in [4.78, 5) is 36.0. The molecule has 10 nitrogen and oxygen atoms in total. The van der Waals surface area contributed by atoms with E-state index in [-0.39, 0.29) is 27.5 Å². The van der Waals surface area contributed by atoms with Crippen molar-refractivity contribution < 1.29 is 14.5 Å². The van der Waals surface area contributed by atoms with Crippen molar-refractivity contribution in [3.8, 4) is 0 Å². The third-order valence-electron chi connectivity index (χ3n) is 4.90. The number of nitrogens with zero attached hydrogens (tertiary/aromatic N) is 4. The quantitative estimate of drug-likeness (QED) is 0.327. The summed E-state index contributed by atoms with van der Waals surface area (Å²) in [6.07, 6.45) is 1.80. The van der Waals surface area contributed by atoms with Gasteiger partial charge < -0.3 is 10.6 Å². The molecule has 0 saturated carbocycles. The second-order valence-electron chi connectivity index (χ2n) is 7.10. The molecule has 11 heteroatoms. The van der Waals surface area contributed by atoms with Crippen LogP contribution in [0.25, 0.3) is 5.65 Å². The van der Waals surface area contributed by atoms with Crippen LogP contribution in [0.5, 0.6) is 0 Å². The average Bonchev–Trinajstić information content (AvgIpc) is 3.23. The van der Waals surface area contributed by atoms with E-state index in [0.29, 0.717) is 11.5 Å². The predicted molar refractivity (Wildman–Crippen MR) is 121 cm³/mol. The van der Waals surface area contributed by atoms with Crippen LogP contribution in [0.2, 0.25) is 5.02 Å². The van der Waals surface area contributed by atoms with Crippen LogP contribution in [0.3, 0.4) is 0 Å². The number of hydrogen-bond donors (Lipinski definition) is 2. The first kappa shape index (κ1) is 21.9. The van der Waals surface area contributed by atoms with Crippen LogP contribution in [0, 0.1) is 10.1 Å². The molecule has 0 aliphatic carbocycles. The SMILES string of the molecule is CC(NC(=O)c1ccccc1NC(=O)c1ccc([N+](=O)[O-])cc1Cl)c1nnc2ccccn12. The van der Waals surface area contributed by atoms with E-state index in [4.69, 9.17) is 11.6 Å². The lowest BCUT2D eigenvalue weighted by atomic mass is 10.1. The van der Waals surface area contributed by atoms with Crippen molar-refractivity contribution in [2.75, 3.05) is 5.32 Å². The Hall–Kier alpha value is -4.31. The van der Waals surface area contributed by atoms with Crippen LogP contribution in [0.1, 0.15) is 39.5 Å². The lowest BCUT2D eigenvalue weighted by Crippen LogP contribution is -2.29. The average molecular weight is 465 g/mol. The summed E-state index contributed by atoms with van der Waals surface area (Å²) in [5.41, 5.74) is 0.950. The van der Waals surface area contributed by atoms with E-state index < -0.39 is 22.8 Å². The summed E-state index contributed by atoms with van der Waals surface area (Å²) in [5, 5.41) is 24.6. The number of carbonyl (C=O) groups excluding carboxylic acids is 2. The Bertz CT molecular complexity index is 1390. The molecule has 0 bridgehead atoms. The van der Waals surface area contributed by atoms with E-state index in [1.165, 1.54) is 12.1 Å². The molecule has 2 heterocycles. The Balaban J connectivity index is 1.54. The summed E-state index contributed by atoms with van der Waals surface area (Å²) >= 11 is 6.05. The molecule has 0 aliphatic heterocycles. The van der Waals surface area contributed by atoms with Gasteiger partial charge in [0.15, 0.2) is 11.5 Å². The molecule has 2 N–H and O–H groups in total. The number of pyridine rings is 1. The van der Waals surface area contributed by atoms with Crippen molar-refractivity contribution in [3.05, 3.63) is 98.9 Å². The fourth-order valence-corrected chi connectivity index (χ4v) is 3.54. The number of benzene rings is 2. The maximum atomic E-state index is 13.0. The molecular weight excluding hydrogens is 448 g/mol. The van der Waals surface area contributed by atoms with Crippen molar-refractivity contribution in [1.82, 2.24) is 19.9 Å². The first-order chi connectivity index (χ1) is 15.8. The molecule has 2 amide bonds. The van der Waals surface area contributed by atoms with Crippen molar-refractivity contribution in [3.63, 3.8) is 0 Å². The Morgan fingerprint density at radius 1 is 1.03 bits per heavy atom. The molecule has 0 spiro atoms. The standard InChI is InChI=1S/C22H17ClN6O4/c1-13(20-27-26-19-8-4-5-11-28(19)20)24-22(31)16-6-2-3-7-18(16)25-21(30)15-10-9-14(29(32)33)12-17(15)23/h2-13H,1H3,(H,24,31)(H,25,30). The van der Waals surface area contributed by atoms with Gasteiger partial charge in [-0.25, -0.2) is 0 Å². The molecular formula is C22H17ClN6O4. The summed E-state index contributed by atoms with van der Waals surface area (Å²) in [5.74, 6) is -0.481. The smallest absolute Gasteiger partial charge is 0.270 e. The minimum Gasteiger partial charge on any atom is -0.342 e. The van der Waals surface area contributed by atoms with Crippen LogP contribution < -0.4 is 10.6 Å². The number of nitro groups is 1. The fraction of sp³-hybridized carbons (Fsp3) is 0.0909. The molecule has 1 unspecified atom stereocenters. The topological polar surface area (TPSA) is 132 Å². The predicted octanol–water partition coefficient (Wildman–Crippen LogP) is 4.03. The zero-order valence-electron chi connectivity index (χ0n) is 17.2. The van der Waals surface area contributed by atoms with E-state index in [1.54, 1.807) is 47.9 Å². The van der Waals surface area contributed by atoms with Gasteiger partial charge in [0, 0.05) is 18.3 Å². The molecule has 0 fully saturated rings. The highest BCUT2D eigenvalue weighted by molar-refractivity contribution is 6.34. The molecule has 4 aromatic rings. The van der Waals surface area contributed by atoms with Crippen LogP contribution in [0.15, 0.2) is 66.9 Å². The minimum atomic E-state index is -0.605. The number of halogens is 1. The van der Waals surface area contributed by atoms with Crippen LogP contribution in [-0.4, -0.2) is 31.3 Å². The number of nitrogens with one attached hydrogen (secondary N) is 2. The second kappa shape index (κ2) is 9.05.